The summed E-state index contributed by atoms with van der Waals surface area (Å²) in [6.45, 7) is 6.01. The van der Waals surface area contributed by atoms with Gasteiger partial charge in [-0.3, -0.25) is 4.90 Å². The fraction of sp³-hybridized carbons (Fsp3) is 0.562. The Morgan fingerprint density at radius 1 is 1.40 bits per heavy atom. The van der Waals surface area contributed by atoms with Crippen LogP contribution >= 0.6 is 0 Å². The lowest BCUT2D eigenvalue weighted by Gasteiger charge is -2.37. The van der Waals surface area contributed by atoms with Crippen LogP contribution in [0.25, 0.3) is 0 Å². The average molecular weight is 276 g/mol. The monoisotopic (exact) mass is 276 g/mol. The number of rotatable bonds is 3. The molecule has 3 nitrogen and oxygen atoms in total. The molecule has 2 rings (SSSR count). The van der Waals surface area contributed by atoms with E-state index < -0.39 is 5.60 Å². The Hall–Kier alpha value is -1.44. The smallest absolute Gasteiger partial charge is 0.129 e. The number of benzene rings is 1. The summed E-state index contributed by atoms with van der Waals surface area (Å²) in [7, 11) is 0. The van der Waals surface area contributed by atoms with Crippen molar-refractivity contribution in [1.82, 2.24) is 4.90 Å². The topological polar surface area (TPSA) is 47.3 Å². The molecule has 0 atom stereocenters. The Labute approximate surface area is 119 Å². The van der Waals surface area contributed by atoms with Gasteiger partial charge in [-0.05, 0) is 57.8 Å². The Kier molecular flexibility index (Phi) is 4.42. The summed E-state index contributed by atoms with van der Waals surface area (Å²) in [5, 5.41) is 18.7. The van der Waals surface area contributed by atoms with Gasteiger partial charge >= 0.3 is 0 Å². The minimum absolute atomic E-state index is 0.310. The Bertz CT molecular complexity index is 508. The van der Waals surface area contributed by atoms with Crippen molar-refractivity contribution in [3.05, 3.63) is 35.1 Å². The molecule has 0 spiro atoms. The highest BCUT2D eigenvalue weighted by molar-refractivity contribution is 5.32. The van der Waals surface area contributed by atoms with E-state index in [-0.39, 0.29) is 5.82 Å². The zero-order chi connectivity index (χ0) is 14.8. The minimum Gasteiger partial charge on any atom is -0.390 e. The fourth-order valence-corrected chi connectivity index (χ4v) is 2.78. The van der Waals surface area contributed by atoms with Gasteiger partial charge in [-0.25, -0.2) is 4.39 Å². The summed E-state index contributed by atoms with van der Waals surface area (Å²) in [6.07, 6.45) is 1.86. The first-order chi connectivity index (χ1) is 9.40. The molecule has 1 aliphatic rings. The van der Waals surface area contributed by atoms with E-state index in [2.05, 4.69) is 4.90 Å². The lowest BCUT2D eigenvalue weighted by Crippen LogP contribution is -2.41. The van der Waals surface area contributed by atoms with E-state index in [9.17, 15) is 9.50 Å². The van der Waals surface area contributed by atoms with Crippen LogP contribution in [0.1, 0.15) is 37.8 Å². The van der Waals surface area contributed by atoms with Crippen molar-refractivity contribution >= 4 is 0 Å². The number of aliphatic hydroxyl groups is 1. The van der Waals surface area contributed by atoms with Crippen LogP contribution in [0.3, 0.4) is 0 Å². The van der Waals surface area contributed by atoms with Gasteiger partial charge in [0.25, 0.3) is 0 Å². The molecule has 4 heteroatoms. The predicted octanol–water partition coefficient (Wildman–Crippen LogP) is 2.68. The van der Waals surface area contributed by atoms with Gasteiger partial charge in [0.05, 0.1) is 17.2 Å². The van der Waals surface area contributed by atoms with Crippen LogP contribution in [0, 0.1) is 23.1 Å². The van der Waals surface area contributed by atoms with Crippen molar-refractivity contribution in [1.29, 1.82) is 5.26 Å². The molecule has 1 aliphatic heterocycles. The van der Waals surface area contributed by atoms with Crippen molar-refractivity contribution in [3.8, 4) is 6.07 Å². The highest BCUT2D eigenvalue weighted by Gasteiger charge is 2.30. The van der Waals surface area contributed by atoms with Gasteiger partial charge in [0.1, 0.15) is 5.82 Å². The quantitative estimate of drug-likeness (QED) is 0.923. The van der Waals surface area contributed by atoms with Gasteiger partial charge in [0.2, 0.25) is 0 Å². The van der Waals surface area contributed by atoms with E-state index in [1.165, 1.54) is 6.07 Å². The van der Waals surface area contributed by atoms with Crippen molar-refractivity contribution in [2.45, 2.75) is 38.8 Å². The standard InChI is InChI=1S/C16H21FN2O/c1-16(2,20)14-5-7-19(8-6-14)11-13-4-3-12(10-18)9-15(13)17/h3-4,9,14,20H,5-8,11H2,1-2H3. The maximum atomic E-state index is 13.8. The summed E-state index contributed by atoms with van der Waals surface area (Å²) in [6, 6.07) is 6.58. The summed E-state index contributed by atoms with van der Waals surface area (Å²) < 4.78 is 13.8. The highest BCUT2D eigenvalue weighted by atomic mass is 19.1. The average Bonchev–Trinajstić information content (AvgIpc) is 2.40. The molecule has 1 fully saturated rings. The van der Waals surface area contributed by atoms with Crippen LogP contribution in [0.15, 0.2) is 18.2 Å². The maximum absolute atomic E-state index is 13.8. The van der Waals surface area contributed by atoms with Crippen LogP contribution < -0.4 is 0 Å². The van der Waals surface area contributed by atoms with Gasteiger partial charge in [0, 0.05) is 12.1 Å². The zero-order valence-corrected chi connectivity index (χ0v) is 12.1. The molecular weight excluding hydrogens is 255 g/mol. The van der Waals surface area contributed by atoms with E-state index in [1.807, 2.05) is 19.9 Å². The van der Waals surface area contributed by atoms with E-state index in [0.29, 0.717) is 23.6 Å². The van der Waals surface area contributed by atoms with Crippen LogP contribution in [-0.2, 0) is 6.54 Å². The Morgan fingerprint density at radius 2 is 2.05 bits per heavy atom. The second-order valence-corrected chi connectivity index (χ2v) is 6.12. The number of piperidine rings is 1. The number of halogens is 1. The first-order valence-corrected chi connectivity index (χ1v) is 7.03. The molecular formula is C16H21FN2O. The summed E-state index contributed by atoms with van der Waals surface area (Å²) in [5.74, 6) is -0.00165. The molecule has 1 heterocycles. The number of likely N-dealkylation sites (tertiary alicyclic amines) is 1. The van der Waals surface area contributed by atoms with Gasteiger partial charge in [-0.2, -0.15) is 5.26 Å². The molecule has 0 bridgehead atoms. The summed E-state index contributed by atoms with van der Waals surface area (Å²) in [5.41, 5.74) is 0.351. The van der Waals surface area contributed by atoms with Gasteiger partial charge in [-0.1, -0.05) is 6.07 Å². The number of hydrogen-bond donors (Lipinski definition) is 1. The van der Waals surface area contributed by atoms with Crippen LogP contribution in [0.5, 0.6) is 0 Å². The maximum Gasteiger partial charge on any atom is 0.129 e. The predicted molar refractivity (Wildman–Crippen MR) is 75.4 cm³/mol. The molecule has 0 aromatic heterocycles. The third-order valence-corrected chi connectivity index (χ3v) is 4.16. The van der Waals surface area contributed by atoms with Gasteiger partial charge < -0.3 is 5.11 Å². The lowest BCUT2D eigenvalue weighted by atomic mass is 9.83. The summed E-state index contributed by atoms with van der Waals surface area (Å²) in [4.78, 5) is 2.20. The van der Waals surface area contributed by atoms with E-state index in [1.54, 1.807) is 12.1 Å². The first kappa shape index (κ1) is 15.0. The normalized spacial score (nSPS) is 17.9. The van der Waals surface area contributed by atoms with E-state index in [0.717, 1.165) is 25.9 Å². The highest BCUT2D eigenvalue weighted by Crippen LogP contribution is 2.28. The molecule has 0 radical (unpaired) electrons. The lowest BCUT2D eigenvalue weighted by molar-refractivity contribution is -0.0137. The first-order valence-electron chi connectivity index (χ1n) is 7.03. The SMILES string of the molecule is CC(C)(O)C1CCN(Cc2ccc(C#N)cc2F)CC1. The number of nitriles is 1. The minimum atomic E-state index is -0.633. The van der Waals surface area contributed by atoms with Crippen molar-refractivity contribution in [3.63, 3.8) is 0 Å². The molecule has 20 heavy (non-hydrogen) atoms. The molecule has 108 valence electrons. The second kappa shape index (κ2) is 5.90. The molecule has 0 aliphatic carbocycles. The Balaban J connectivity index is 1.95. The van der Waals surface area contributed by atoms with Crippen molar-refractivity contribution in [2.24, 2.45) is 5.92 Å². The third-order valence-electron chi connectivity index (χ3n) is 4.16. The molecule has 1 saturated heterocycles. The van der Waals surface area contributed by atoms with Crippen LogP contribution in [0.2, 0.25) is 0 Å². The fourth-order valence-electron chi connectivity index (χ4n) is 2.78. The van der Waals surface area contributed by atoms with E-state index in [4.69, 9.17) is 5.26 Å². The molecule has 0 saturated carbocycles. The third kappa shape index (κ3) is 3.56. The van der Waals surface area contributed by atoms with E-state index >= 15 is 0 Å². The molecule has 1 N–H and O–H groups in total. The molecule has 0 amide bonds. The van der Waals surface area contributed by atoms with Crippen molar-refractivity contribution in [2.75, 3.05) is 13.1 Å². The van der Waals surface area contributed by atoms with Gasteiger partial charge in [0.15, 0.2) is 0 Å². The van der Waals surface area contributed by atoms with Crippen LogP contribution in [-0.4, -0.2) is 28.7 Å². The van der Waals surface area contributed by atoms with Crippen LogP contribution in [0.4, 0.5) is 4.39 Å². The van der Waals surface area contributed by atoms with Gasteiger partial charge in [-0.15, -0.1) is 0 Å². The molecule has 1 aromatic carbocycles. The van der Waals surface area contributed by atoms with Crippen molar-refractivity contribution < 1.29 is 9.50 Å². The largest absolute Gasteiger partial charge is 0.390 e. The number of nitrogens with zero attached hydrogens (tertiary/aromatic N) is 2. The Morgan fingerprint density at radius 3 is 2.55 bits per heavy atom. The molecule has 0 unspecified atom stereocenters. The summed E-state index contributed by atoms with van der Waals surface area (Å²) >= 11 is 0. The zero-order valence-electron chi connectivity index (χ0n) is 12.1. The number of hydrogen-bond acceptors (Lipinski definition) is 3. The second-order valence-electron chi connectivity index (χ2n) is 6.12. The molecule has 1 aromatic rings.